The molecule has 1 aliphatic rings. The highest BCUT2D eigenvalue weighted by atomic mass is 35.5. The minimum Gasteiger partial charge on any atom is -0.454 e. The SMILES string of the molecule is NC(=O)c1cc(NC(=O)c2cc(Cl)c3c(c2)OCO3)ccc1Cl. The number of anilines is 1. The van der Waals surface area contributed by atoms with E-state index < -0.39 is 11.8 Å². The summed E-state index contributed by atoms with van der Waals surface area (Å²) in [5.41, 5.74) is 6.01. The lowest BCUT2D eigenvalue weighted by Crippen LogP contribution is -2.15. The van der Waals surface area contributed by atoms with Crippen LogP contribution >= 0.6 is 23.2 Å². The number of hydrogen-bond acceptors (Lipinski definition) is 4. The number of carbonyl (C=O) groups excluding carboxylic acids is 2. The van der Waals surface area contributed by atoms with E-state index in [-0.39, 0.29) is 28.0 Å². The molecule has 0 spiro atoms. The van der Waals surface area contributed by atoms with Crippen molar-refractivity contribution >= 4 is 40.7 Å². The lowest BCUT2D eigenvalue weighted by atomic mass is 10.1. The van der Waals surface area contributed by atoms with E-state index in [0.717, 1.165) is 0 Å². The zero-order chi connectivity index (χ0) is 16.6. The summed E-state index contributed by atoms with van der Waals surface area (Å²) in [5, 5.41) is 3.13. The summed E-state index contributed by atoms with van der Waals surface area (Å²) in [6, 6.07) is 7.42. The second-order valence-electron chi connectivity index (χ2n) is 4.70. The second kappa shape index (κ2) is 5.98. The van der Waals surface area contributed by atoms with Gasteiger partial charge in [0.15, 0.2) is 11.5 Å². The minimum absolute atomic E-state index is 0.0548. The topological polar surface area (TPSA) is 90.7 Å². The van der Waals surface area contributed by atoms with Crippen molar-refractivity contribution in [2.75, 3.05) is 12.1 Å². The fourth-order valence-electron chi connectivity index (χ4n) is 2.09. The Hall–Kier alpha value is -2.44. The van der Waals surface area contributed by atoms with Crippen molar-refractivity contribution in [2.24, 2.45) is 5.73 Å². The van der Waals surface area contributed by atoms with Crippen molar-refractivity contribution in [3.63, 3.8) is 0 Å². The number of hydrogen-bond donors (Lipinski definition) is 2. The van der Waals surface area contributed by atoms with Gasteiger partial charge in [-0.15, -0.1) is 0 Å². The van der Waals surface area contributed by atoms with Gasteiger partial charge in [0.25, 0.3) is 5.91 Å². The third-order valence-corrected chi connectivity index (χ3v) is 3.79. The van der Waals surface area contributed by atoms with E-state index in [1.54, 1.807) is 6.07 Å². The second-order valence-corrected chi connectivity index (χ2v) is 5.52. The van der Waals surface area contributed by atoms with Gasteiger partial charge in [0.2, 0.25) is 12.7 Å². The van der Waals surface area contributed by atoms with E-state index in [0.29, 0.717) is 17.2 Å². The van der Waals surface area contributed by atoms with Gasteiger partial charge in [0.05, 0.1) is 15.6 Å². The Morgan fingerprint density at radius 2 is 1.87 bits per heavy atom. The summed E-state index contributed by atoms with van der Waals surface area (Å²) in [6.45, 7) is 0.0548. The molecule has 118 valence electrons. The van der Waals surface area contributed by atoms with Crippen molar-refractivity contribution in [2.45, 2.75) is 0 Å². The number of halogens is 2. The highest BCUT2D eigenvalue weighted by molar-refractivity contribution is 6.34. The maximum Gasteiger partial charge on any atom is 0.255 e. The highest BCUT2D eigenvalue weighted by Gasteiger charge is 2.21. The van der Waals surface area contributed by atoms with Gasteiger partial charge < -0.3 is 20.5 Å². The molecule has 1 aliphatic heterocycles. The van der Waals surface area contributed by atoms with Crippen LogP contribution in [0.15, 0.2) is 30.3 Å². The number of rotatable bonds is 3. The van der Waals surface area contributed by atoms with Crippen LogP contribution in [-0.2, 0) is 0 Å². The van der Waals surface area contributed by atoms with Gasteiger partial charge in [-0.3, -0.25) is 9.59 Å². The van der Waals surface area contributed by atoms with Crippen molar-refractivity contribution in [1.29, 1.82) is 0 Å². The van der Waals surface area contributed by atoms with Gasteiger partial charge in [-0.2, -0.15) is 0 Å². The molecule has 2 aromatic carbocycles. The Kier molecular flexibility index (Phi) is 4.02. The molecule has 0 saturated carbocycles. The van der Waals surface area contributed by atoms with Crippen LogP contribution < -0.4 is 20.5 Å². The van der Waals surface area contributed by atoms with Crippen LogP contribution in [0.3, 0.4) is 0 Å². The number of carbonyl (C=O) groups is 2. The number of nitrogens with two attached hydrogens (primary N) is 1. The number of benzene rings is 2. The van der Waals surface area contributed by atoms with Crippen molar-refractivity contribution in [3.05, 3.63) is 51.5 Å². The molecular formula is C15H10Cl2N2O4. The molecule has 2 amide bonds. The smallest absolute Gasteiger partial charge is 0.255 e. The van der Waals surface area contributed by atoms with E-state index in [9.17, 15) is 9.59 Å². The van der Waals surface area contributed by atoms with Gasteiger partial charge in [0, 0.05) is 11.3 Å². The van der Waals surface area contributed by atoms with Gasteiger partial charge >= 0.3 is 0 Å². The molecule has 0 radical (unpaired) electrons. The number of fused-ring (bicyclic) bond motifs is 1. The highest BCUT2D eigenvalue weighted by Crippen LogP contribution is 2.39. The number of ether oxygens (including phenoxy) is 2. The molecule has 0 fully saturated rings. The number of nitrogens with one attached hydrogen (secondary N) is 1. The summed E-state index contributed by atoms with van der Waals surface area (Å²) in [4.78, 5) is 23.6. The fourth-order valence-corrected chi connectivity index (χ4v) is 2.57. The van der Waals surface area contributed by atoms with Gasteiger partial charge in [-0.1, -0.05) is 23.2 Å². The largest absolute Gasteiger partial charge is 0.454 e. The third-order valence-electron chi connectivity index (χ3n) is 3.18. The Morgan fingerprint density at radius 3 is 2.61 bits per heavy atom. The average molecular weight is 353 g/mol. The number of amides is 2. The molecule has 2 aromatic rings. The normalized spacial score (nSPS) is 12.1. The van der Waals surface area contributed by atoms with Gasteiger partial charge in [0.1, 0.15) is 0 Å². The van der Waals surface area contributed by atoms with Crippen molar-refractivity contribution in [1.82, 2.24) is 0 Å². The Balaban J connectivity index is 1.87. The minimum atomic E-state index is -0.683. The molecule has 0 aromatic heterocycles. The maximum atomic E-state index is 12.3. The van der Waals surface area contributed by atoms with Crippen LogP contribution in [0.4, 0.5) is 5.69 Å². The zero-order valence-corrected chi connectivity index (χ0v) is 13.1. The van der Waals surface area contributed by atoms with Crippen LogP contribution in [0, 0.1) is 0 Å². The third kappa shape index (κ3) is 3.04. The Bertz CT molecular complexity index is 823. The first-order valence-corrected chi connectivity index (χ1v) is 7.21. The lowest BCUT2D eigenvalue weighted by Gasteiger charge is -2.09. The van der Waals surface area contributed by atoms with Crippen molar-refractivity contribution in [3.8, 4) is 11.5 Å². The predicted octanol–water partition coefficient (Wildman–Crippen LogP) is 3.07. The van der Waals surface area contributed by atoms with Crippen LogP contribution in [0.5, 0.6) is 11.5 Å². The Morgan fingerprint density at radius 1 is 1.09 bits per heavy atom. The molecule has 23 heavy (non-hydrogen) atoms. The summed E-state index contributed by atoms with van der Waals surface area (Å²) in [6.07, 6.45) is 0. The molecule has 0 unspecified atom stereocenters. The summed E-state index contributed by atoms with van der Waals surface area (Å²) in [5.74, 6) is -0.303. The molecule has 0 aliphatic carbocycles. The van der Waals surface area contributed by atoms with E-state index in [1.807, 2.05) is 0 Å². The Labute approximate surface area is 141 Å². The van der Waals surface area contributed by atoms with Gasteiger partial charge in [-0.05, 0) is 30.3 Å². The maximum absolute atomic E-state index is 12.3. The molecule has 0 bridgehead atoms. The fraction of sp³-hybridized carbons (Fsp3) is 0.0667. The molecule has 0 atom stereocenters. The first-order valence-electron chi connectivity index (χ1n) is 6.45. The standard InChI is InChI=1S/C15H10Cl2N2O4/c16-10-2-1-8(5-9(10)14(18)20)19-15(21)7-3-11(17)13-12(4-7)22-6-23-13/h1-5H,6H2,(H2,18,20)(H,19,21). The zero-order valence-electron chi connectivity index (χ0n) is 11.6. The van der Waals surface area contributed by atoms with E-state index in [2.05, 4.69) is 5.32 Å². The first-order chi connectivity index (χ1) is 11.0. The van der Waals surface area contributed by atoms with E-state index in [4.69, 9.17) is 38.4 Å². The molecule has 8 heteroatoms. The molecule has 1 heterocycles. The number of primary amides is 1. The van der Waals surface area contributed by atoms with Crippen LogP contribution in [-0.4, -0.2) is 18.6 Å². The monoisotopic (exact) mass is 352 g/mol. The van der Waals surface area contributed by atoms with E-state index in [1.165, 1.54) is 24.3 Å². The molecule has 0 saturated heterocycles. The van der Waals surface area contributed by atoms with Crippen LogP contribution in [0.25, 0.3) is 0 Å². The average Bonchev–Trinajstić information content (AvgIpc) is 2.98. The lowest BCUT2D eigenvalue weighted by molar-refractivity contribution is 0.0996. The summed E-state index contributed by atoms with van der Waals surface area (Å²) < 4.78 is 10.4. The van der Waals surface area contributed by atoms with Gasteiger partial charge in [-0.25, -0.2) is 0 Å². The van der Waals surface area contributed by atoms with Crippen LogP contribution in [0.1, 0.15) is 20.7 Å². The molecule has 3 N–H and O–H groups in total. The summed E-state index contributed by atoms with van der Waals surface area (Å²) >= 11 is 11.9. The molecule has 6 nitrogen and oxygen atoms in total. The first kappa shape index (κ1) is 15.5. The quantitative estimate of drug-likeness (QED) is 0.887. The summed E-state index contributed by atoms with van der Waals surface area (Å²) in [7, 11) is 0. The van der Waals surface area contributed by atoms with E-state index >= 15 is 0 Å². The predicted molar refractivity (Wildman–Crippen MR) is 85.5 cm³/mol. The molecular weight excluding hydrogens is 343 g/mol. The van der Waals surface area contributed by atoms with Crippen LogP contribution in [0.2, 0.25) is 10.0 Å². The molecule has 3 rings (SSSR count). The van der Waals surface area contributed by atoms with Crippen molar-refractivity contribution < 1.29 is 19.1 Å².